The lowest BCUT2D eigenvalue weighted by atomic mass is 9.97. The standard InChI is InChI=1S/C15H15FN2OS/c1-2-13-11-5-8-20-14(11)4-7-18(13)15(19)10-3-6-17-9-12(10)16/h3,5-6,8-9,13H,2,4,7H2,1H3. The third-order valence-corrected chi connectivity index (χ3v) is 4.74. The molecule has 2 aromatic rings. The topological polar surface area (TPSA) is 33.2 Å². The molecule has 3 rings (SSSR count). The fraction of sp³-hybridized carbons (Fsp3) is 0.333. The van der Waals surface area contributed by atoms with Crippen LogP contribution < -0.4 is 0 Å². The van der Waals surface area contributed by atoms with E-state index in [0.717, 1.165) is 19.0 Å². The summed E-state index contributed by atoms with van der Waals surface area (Å²) in [6.07, 6.45) is 4.23. The number of hydrogen-bond acceptors (Lipinski definition) is 3. The van der Waals surface area contributed by atoms with E-state index >= 15 is 0 Å². The van der Waals surface area contributed by atoms with Crippen LogP contribution in [0.2, 0.25) is 0 Å². The molecule has 1 atom stereocenters. The van der Waals surface area contributed by atoms with Crippen molar-refractivity contribution < 1.29 is 9.18 Å². The molecular weight excluding hydrogens is 275 g/mol. The summed E-state index contributed by atoms with van der Waals surface area (Å²) in [7, 11) is 0. The van der Waals surface area contributed by atoms with Crippen LogP contribution in [0.15, 0.2) is 29.9 Å². The highest BCUT2D eigenvalue weighted by Crippen LogP contribution is 2.36. The summed E-state index contributed by atoms with van der Waals surface area (Å²) in [5.74, 6) is -0.794. The van der Waals surface area contributed by atoms with Gasteiger partial charge in [0.25, 0.3) is 5.91 Å². The summed E-state index contributed by atoms with van der Waals surface area (Å²) in [6, 6.07) is 3.58. The number of halogens is 1. The zero-order chi connectivity index (χ0) is 14.1. The first-order valence-corrected chi connectivity index (χ1v) is 7.57. The highest BCUT2D eigenvalue weighted by atomic mass is 32.1. The highest BCUT2D eigenvalue weighted by molar-refractivity contribution is 7.10. The molecule has 0 aliphatic carbocycles. The van der Waals surface area contributed by atoms with Crippen molar-refractivity contribution in [2.75, 3.05) is 6.54 Å². The number of carbonyl (C=O) groups is 1. The molecule has 0 radical (unpaired) electrons. The van der Waals surface area contributed by atoms with Crippen molar-refractivity contribution in [3.8, 4) is 0 Å². The maximum absolute atomic E-state index is 13.8. The molecule has 20 heavy (non-hydrogen) atoms. The molecule has 1 unspecified atom stereocenters. The Kier molecular flexibility index (Phi) is 3.53. The molecule has 3 heterocycles. The van der Waals surface area contributed by atoms with E-state index in [-0.39, 0.29) is 17.5 Å². The van der Waals surface area contributed by atoms with Gasteiger partial charge in [-0.1, -0.05) is 6.92 Å². The lowest BCUT2D eigenvalue weighted by molar-refractivity contribution is 0.0652. The average molecular weight is 290 g/mol. The van der Waals surface area contributed by atoms with Gasteiger partial charge in [-0.15, -0.1) is 11.3 Å². The molecule has 2 aromatic heterocycles. The van der Waals surface area contributed by atoms with Gasteiger partial charge in [0.15, 0.2) is 5.82 Å². The summed E-state index contributed by atoms with van der Waals surface area (Å²) >= 11 is 1.74. The largest absolute Gasteiger partial charge is 0.331 e. The number of fused-ring (bicyclic) bond motifs is 1. The Morgan fingerprint density at radius 1 is 1.55 bits per heavy atom. The molecule has 1 amide bonds. The second kappa shape index (κ2) is 5.32. The SMILES string of the molecule is CCC1c2ccsc2CCN1C(=O)c1ccncc1F. The molecule has 5 heteroatoms. The van der Waals surface area contributed by atoms with E-state index in [1.807, 2.05) is 0 Å². The third kappa shape index (κ3) is 2.12. The number of aromatic nitrogens is 1. The van der Waals surface area contributed by atoms with Gasteiger partial charge in [-0.25, -0.2) is 4.39 Å². The fourth-order valence-corrected chi connectivity index (χ4v) is 3.71. The van der Waals surface area contributed by atoms with Gasteiger partial charge in [0, 0.05) is 17.6 Å². The number of nitrogens with zero attached hydrogens (tertiary/aromatic N) is 2. The number of thiophene rings is 1. The monoisotopic (exact) mass is 290 g/mol. The van der Waals surface area contributed by atoms with Gasteiger partial charge >= 0.3 is 0 Å². The van der Waals surface area contributed by atoms with Crippen LogP contribution in [-0.4, -0.2) is 22.3 Å². The van der Waals surface area contributed by atoms with Gasteiger partial charge in [0.05, 0.1) is 17.8 Å². The van der Waals surface area contributed by atoms with Crippen molar-refractivity contribution in [3.05, 3.63) is 51.7 Å². The fourth-order valence-electron chi connectivity index (χ4n) is 2.78. The number of carbonyl (C=O) groups excluding carboxylic acids is 1. The lowest BCUT2D eigenvalue weighted by Gasteiger charge is -2.35. The predicted molar refractivity (Wildman–Crippen MR) is 76.3 cm³/mol. The molecule has 1 aliphatic rings. The number of rotatable bonds is 2. The summed E-state index contributed by atoms with van der Waals surface area (Å²) in [5.41, 5.74) is 1.32. The second-order valence-corrected chi connectivity index (χ2v) is 5.83. The summed E-state index contributed by atoms with van der Waals surface area (Å²) in [6.45, 7) is 2.70. The van der Waals surface area contributed by atoms with Gasteiger partial charge in [0.2, 0.25) is 0 Å². The smallest absolute Gasteiger partial charge is 0.257 e. The van der Waals surface area contributed by atoms with Gasteiger partial charge < -0.3 is 4.90 Å². The number of pyridine rings is 1. The second-order valence-electron chi connectivity index (χ2n) is 4.83. The van der Waals surface area contributed by atoms with Crippen LogP contribution in [0.1, 0.15) is 40.2 Å². The molecule has 1 aliphatic heterocycles. The zero-order valence-corrected chi connectivity index (χ0v) is 12.0. The Bertz CT molecular complexity index is 640. The minimum atomic E-state index is -0.552. The average Bonchev–Trinajstić information content (AvgIpc) is 2.94. The summed E-state index contributed by atoms with van der Waals surface area (Å²) in [5, 5.41) is 2.06. The van der Waals surface area contributed by atoms with Gasteiger partial charge in [-0.2, -0.15) is 0 Å². The summed E-state index contributed by atoms with van der Waals surface area (Å²) in [4.78, 5) is 19.4. The van der Waals surface area contributed by atoms with Crippen LogP contribution in [-0.2, 0) is 6.42 Å². The molecule has 3 nitrogen and oxygen atoms in total. The molecule has 0 saturated carbocycles. The van der Waals surface area contributed by atoms with Crippen molar-refractivity contribution in [1.29, 1.82) is 0 Å². The van der Waals surface area contributed by atoms with Crippen molar-refractivity contribution in [2.24, 2.45) is 0 Å². The van der Waals surface area contributed by atoms with Crippen LogP contribution in [0, 0.1) is 5.82 Å². The highest BCUT2D eigenvalue weighted by Gasteiger charge is 2.31. The molecule has 0 fully saturated rings. The van der Waals surface area contributed by atoms with Crippen LogP contribution in [0.3, 0.4) is 0 Å². The van der Waals surface area contributed by atoms with Gasteiger partial charge in [-0.3, -0.25) is 9.78 Å². The third-order valence-electron chi connectivity index (χ3n) is 3.75. The predicted octanol–water partition coefficient (Wildman–Crippen LogP) is 3.43. The Morgan fingerprint density at radius 3 is 3.15 bits per heavy atom. The Balaban J connectivity index is 1.95. The van der Waals surface area contributed by atoms with Gasteiger partial charge in [0.1, 0.15) is 0 Å². The first-order valence-electron chi connectivity index (χ1n) is 6.69. The molecule has 104 valence electrons. The van der Waals surface area contributed by atoms with E-state index in [1.165, 1.54) is 22.7 Å². The maximum atomic E-state index is 13.8. The van der Waals surface area contributed by atoms with E-state index in [0.29, 0.717) is 6.54 Å². The van der Waals surface area contributed by atoms with Crippen LogP contribution in [0.5, 0.6) is 0 Å². The minimum Gasteiger partial charge on any atom is -0.331 e. The molecule has 0 N–H and O–H groups in total. The van der Waals surface area contributed by atoms with E-state index < -0.39 is 5.82 Å². The quantitative estimate of drug-likeness (QED) is 0.849. The van der Waals surface area contributed by atoms with Crippen molar-refractivity contribution >= 4 is 17.2 Å². The first kappa shape index (κ1) is 13.2. The van der Waals surface area contributed by atoms with Crippen molar-refractivity contribution in [3.63, 3.8) is 0 Å². The molecule has 0 spiro atoms. The molecule has 0 bridgehead atoms. The van der Waals surface area contributed by atoms with Crippen molar-refractivity contribution in [2.45, 2.75) is 25.8 Å². The number of hydrogen-bond donors (Lipinski definition) is 0. The van der Waals surface area contributed by atoms with Crippen LogP contribution in [0.25, 0.3) is 0 Å². The Hall–Kier alpha value is -1.75. The maximum Gasteiger partial charge on any atom is 0.257 e. The molecular formula is C15H15FN2OS. The molecule has 0 saturated heterocycles. The first-order chi connectivity index (χ1) is 9.72. The van der Waals surface area contributed by atoms with E-state index in [9.17, 15) is 9.18 Å². The summed E-state index contributed by atoms with van der Waals surface area (Å²) < 4.78 is 13.8. The van der Waals surface area contributed by atoms with Gasteiger partial charge in [-0.05, 0) is 35.9 Å². The lowest BCUT2D eigenvalue weighted by Crippen LogP contribution is -2.39. The van der Waals surface area contributed by atoms with E-state index in [1.54, 1.807) is 16.2 Å². The van der Waals surface area contributed by atoms with Crippen LogP contribution in [0.4, 0.5) is 4.39 Å². The minimum absolute atomic E-state index is 0.0464. The Morgan fingerprint density at radius 2 is 2.40 bits per heavy atom. The van der Waals surface area contributed by atoms with E-state index in [4.69, 9.17) is 0 Å². The normalized spacial score (nSPS) is 17.9. The van der Waals surface area contributed by atoms with Crippen LogP contribution >= 0.6 is 11.3 Å². The number of amides is 1. The zero-order valence-electron chi connectivity index (χ0n) is 11.2. The molecule has 0 aromatic carbocycles. The Labute approximate surface area is 121 Å². The van der Waals surface area contributed by atoms with Crippen molar-refractivity contribution in [1.82, 2.24) is 9.88 Å². The van der Waals surface area contributed by atoms with E-state index in [2.05, 4.69) is 23.4 Å².